The van der Waals surface area contributed by atoms with E-state index in [2.05, 4.69) is 5.32 Å². The summed E-state index contributed by atoms with van der Waals surface area (Å²) in [6.07, 6.45) is 1.01. The maximum Gasteiger partial charge on any atom is 0.324 e. The van der Waals surface area contributed by atoms with Gasteiger partial charge in [0.2, 0.25) is 5.91 Å². The van der Waals surface area contributed by atoms with Crippen molar-refractivity contribution in [2.45, 2.75) is 18.7 Å². The quantitative estimate of drug-likeness (QED) is 0.615. The van der Waals surface area contributed by atoms with E-state index in [0.29, 0.717) is 0 Å². The number of halogens is 1. The molecule has 1 unspecified atom stereocenters. The number of nitrogens with zero attached hydrogens (tertiary/aromatic N) is 1. The van der Waals surface area contributed by atoms with Crippen LogP contribution in [0, 0.1) is 0 Å². The van der Waals surface area contributed by atoms with Crippen LogP contribution in [-0.4, -0.2) is 35.3 Å². The highest BCUT2D eigenvalue weighted by atomic mass is 35.5. The number of hydrogen-bond acceptors (Lipinski definition) is 2. The summed E-state index contributed by atoms with van der Waals surface area (Å²) in [7, 11) is 0. The fourth-order valence-electron chi connectivity index (χ4n) is 0.803. The van der Waals surface area contributed by atoms with E-state index in [-0.39, 0.29) is 6.03 Å². The highest BCUT2D eigenvalue weighted by molar-refractivity contribution is 6.31. The number of carbonyl (C=O) groups is 2. The van der Waals surface area contributed by atoms with Crippen molar-refractivity contribution in [3.05, 3.63) is 0 Å². The van der Waals surface area contributed by atoms with Crippen molar-refractivity contribution in [3.8, 4) is 0 Å². The third-order valence-electron chi connectivity index (χ3n) is 1.73. The van der Waals surface area contributed by atoms with Gasteiger partial charge in [0.1, 0.15) is 5.38 Å². The summed E-state index contributed by atoms with van der Waals surface area (Å²) >= 11 is 5.46. The zero-order valence-corrected chi connectivity index (χ0v) is 7.60. The van der Waals surface area contributed by atoms with Crippen LogP contribution in [0.25, 0.3) is 0 Å². The molecule has 3 amide bonds. The summed E-state index contributed by atoms with van der Waals surface area (Å²) in [5, 5.41) is 1.54. The van der Waals surface area contributed by atoms with E-state index in [1.54, 1.807) is 4.90 Å². The number of imide groups is 1. The van der Waals surface area contributed by atoms with Gasteiger partial charge in [0.25, 0.3) is 0 Å². The molecule has 0 saturated carbocycles. The Morgan fingerprint density at radius 3 is 2.42 bits per heavy atom. The van der Waals surface area contributed by atoms with Gasteiger partial charge in [-0.05, 0) is 13.3 Å². The molecule has 1 rings (SSSR count). The third kappa shape index (κ3) is 2.11. The molecule has 0 aromatic carbocycles. The lowest BCUT2D eigenvalue weighted by molar-refractivity contribution is -0.119. The number of hydrogen-bond donors (Lipinski definition) is 1. The molecule has 68 valence electrons. The highest BCUT2D eigenvalue weighted by Crippen LogP contribution is 2.05. The number of carbonyl (C=O) groups excluding carboxylic acids is 2. The molecule has 1 N–H and O–H groups in total. The lowest BCUT2D eigenvalue weighted by Crippen LogP contribution is -2.50. The van der Waals surface area contributed by atoms with E-state index < -0.39 is 11.3 Å². The van der Waals surface area contributed by atoms with Crippen molar-refractivity contribution in [3.63, 3.8) is 0 Å². The molecular formula is C7H11ClN2O2. The molecule has 1 aliphatic rings. The van der Waals surface area contributed by atoms with Gasteiger partial charge in [0.05, 0.1) is 0 Å². The van der Waals surface area contributed by atoms with Gasteiger partial charge < -0.3 is 4.90 Å². The smallest absolute Gasteiger partial charge is 0.324 e. The van der Waals surface area contributed by atoms with Gasteiger partial charge in [-0.3, -0.25) is 10.1 Å². The zero-order chi connectivity index (χ0) is 9.14. The molecule has 1 aliphatic heterocycles. The number of likely N-dealkylation sites (tertiary alicyclic amines) is 1. The fourth-order valence-corrected chi connectivity index (χ4v) is 0.858. The standard InChI is InChI=1S/C7H11ClN2O2/c1-5(8)6(11)9-7(12)10-3-2-4-10/h5H,2-4H2,1H3,(H,9,11,12). The van der Waals surface area contributed by atoms with Gasteiger partial charge in [-0.25, -0.2) is 4.79 Å². The van der Waals surface area contributed by atoms with Crippen LogP contribution in [0.2, 0.25) is 0 Å². The van der Waals surface area contributed by atoms with Crippen molar-refractivity contribution in [1.29, 1.82) is 0 Å². The first-order chi connectivity index (χ1) is 5.61. The van der Waals surface area contributed by atoms with Crippen molar-refractivity contribution in [2.75, 3.05) is 13.1 Å². The van der Waals surface area contributed by atoms with Crippen molar-refractivity contribution < 1.29 is 9.59 Å². The number of alkyl halides is 1. The fraction of sp³-hybridized carbons (Fsp3) is 0.714. The number of rotatable bonds is 1. The SMILES string of the molecule is CC(Cl)C(=O)NC(=O)N1CCC1. The predicted molar refractivity (Wildman–Crippen MR) is 45.0 cm³/mol. The minimum atomic E-state index is -0.657. The van der Waals surface area contributed by atoms with Gasteiger partial charge >= 0.3 is 6.03 Å². The average molecular weight is 191 g/mol. The van der Waals surface area contributed by atoms with E-state index >= 15 is 0 Å². The number of nitrogens with one attached hydrogen (secondary N) is 1. The summed E-state index contributed by atoms with van der Waals surface area (Å²) in [5.74, 6) is -0.437. The summed E-state index contributed by atoms with van der Waals surface area (Å²) in [5.41, 5.74) is 0. The second kappa shape index (κ2) is 3.76. The summed E-state index contributed by atoms with van der Waals surface area (Å²) in [6.45, 7) is 2.99. The topological polar surface area (TPSA) is 49.4 Å². The van der Waals surface area contributed by atoms with Gasteiger partial charge in [-0.15, -0.1) is 11.6 Å². The van der Waals surface area contributed by atoms with E-state index in [9.17, 15) is 9.59 Å². The van der Waals surface area contributed by atoms with Crippen LogP contribution in [-0.2, 0) is 4.79 Å². The number of urea groups is 1. The van der Waals surface area contributed by atoms with E-state index in [1.807, 2.05) is 0 Å². The molecule has 0 aromatic heterocycles. The summed E-state index contributed by atoms with van der Waals surface area (Å²) in [6, 6.07) is -0.334. The third-order valence-corrected chi connectivity index (χ3v) is 1.93. The first-order valence-electron chi connectivity index (χ1n) is 3.85. The van der Waals surface area contributed by atoms with Crippen LogP contribution in [0.3, 0.4) is 0 Å². The van der Waals surface area contributed by atoms with Crippen LogP contribution in [0.4, 0.5) is 4.79 Å². The second-order valence-electron chi connectivity index (χ2n) is 2.75. The monoisotopic (exact) mass is 190 g/mol. The molecule has 1 fully saturated rings. The van der Waals surface area contributed by atoms with Crippen molar-refractivity contribution >= 4 is 23.5 Å². The molecule has 0 aliphatic carbocycles. The maximum atomic E-state index is 11.1. The Hall–Kier alpha value is -0.770. The first-order valence-corrected chi connectivity index (χ1v) is 4.28. The normalized spacial score (nSPS) is 18.0. The van der Waals surface area contributed by atoms with Crippen LogP contribution in [0.1, 0.15) is 13.3 Å². The van der Waals surface area contributed by atoms with Crippen LogP contribution in [0.5, 0.6) is 0 Å². The Labute approximate surface area is 75.9 Å². The zero-order valence-electron chi connectivity index (χ0n) is 6.84. The van der Waals surface area contributed by atoms with Crippen LogP contribution in [0.15, 0.2) is 0 Å². The van der Waals surface area contributed by atoms with Gasteiger partial charge in [0, 0.05) is 13.1 Å². The van der Waals surface area contributed by atoms with Crippen molar-refractivity contribution in [2.24, 2.45) is 0 Å². The Balaban J connectivity index is 2.30. The van der Waals surface area contributed by atoms with Gasteiger partial charge in [0.15, 0.2) is 0 Å². The Morgan fingerprint density at radius 2 is 2.08 bits per heavy atom. The lowest BCUT2D eigenvalue weighted by Gasteiger charge is -2.30. The Morgan fingerprint density at radius 1 is 1.50 bits per heavy atom. The average Bonchev–Trinajstić information content (AvgIpc) is 1.82. The van der Waals surface area contributed by atoms with Gasteiger partial charge in [-0.1, -0.05) is 0 Å². The maximum absolute atomic E-state index is 11.1. The molecule has 0 radical (unpaired) electrons. The minimum absolute atomic E-state index is 0.334. The molecule has 1 heterocycles. The predicted octanol–water partition coefficient (Wildman–Crippen LogP) is 0.556. The molecule has 0 aromatic rings. The molecule has 1 atom stereocenters. The largest absolute Gasteiger partial charge is 0.324 e. The van der Waals surface area contributed by atoms with Crippen molar-refractivity contribution in [1.82, 2.24) is 10.2 Å². The summed E-state index contributed by atoms with van der Waals surface area (Å²) < 4.78 is 0. The second-order valence-corrected chi connectivity index (χ2v) is 3.41. The minimum Gasteiger partial charge on any atom is -0.324 e. The Bertz CT molecular complexity index is 202. The summed E-state index contributed by atoms with van der Waals surface area (Å²) in [4.78, 5) is 23.5. The molecule has 0 spiro atoms. The number of amides is 3. The molecule has 4 nitrogen and oxygen atoms in total. The van der Waals surface area contributed by atoms with Crippen LogP contribution < -0.4 is 5.32 Å². The molecule has 1 saturated heterocycles. The lowest BCUT2D eigenvalue weighted by atomic mass is 10.2. The highest BCUT2D eigenvalue weighted by Gasteiger charge is 2.22. The van der Waals surface area contributed by atoms with E-state index in [4.69, 9.17) is 11.6 Å². The van der Waals surface area contributed by atoms with E-state index in [1.165, 1.54) is 6.92 Å². The van der Waals surface area contributed by atoms with Gasteiger partial charge in [-0.2, -0.15) is 0 Å². The first kappa shape index (κ1) is 9.32. The van der Waals surface area contributed by atoms with E-state index in [0.717, 1.165) is 19.5 Å². The molecule has 0 bridgehead atoms. The molecular weight excluding hydrogens is 180 g/mol. The Kier molecular flexibility index (Phi) is 2.92. The van der Waals surface area contributed by atoms with Crippen LogP contribution >= 0.6 is 11.6 Å². The molecule has 5 heteroatoms. The molecule has 12 heavy (non-hydrogen) atoms.